The van der Waals surface area contributed by atoms with Gasteiger partial charge in [0.05, 0.1) is 0 Å². The predicted octanol–water partition coefficient (Wildman–Crippen LogP) is 2.70. The molecule has 2 rings (SSSR count). The molecule has 4 nitrogen and oxygen atoms in total. The number of nitrogens with one attached hydrogen (secondary N) is 1. The van der Waals surface area contributed by atoms with E-state index in [4.69, 9.17) is 0 Å². The van der Waals surface area contributed by atoms with Gasteiger partial charge in [-0.1, -0.05) is 19.9 Å². The lowest BCUT2D eigenvalue weighted by molar-refractivity contribution is 0.172. The van der Waals surface area contributed by atoms with E-state index in [2.05, 4.69) is 16.4 Å². The molecule has 1 aromatic heterocycles. The molecule has 1 saturated heterocycles. The van der Waals surface area contributed by atoms with Crippen molar-refractivity contribution in [1.82, 2.24) is 15.2 Å². The Morgan fingerprint density at radius 2 is 2.05 bits per heavy atom. The second-order valence-electron chi connectivity index (χ2n) is 4.51. The number of pyridine rings is 1. The van der Waals surface area contributed by atoms with E-state index in [0.717, 1.165) is 38.0 Å². The number of nitrogens with zero attached hydrogens (tertiary/aromatic N) is 2. The zero-order chi connectivity index (χ0) is 14.1. The third-order valence-electron chi connectivity index (χ3n) is 3.34. The molecular weight excluding hydrogens is 238 g/mol. The molecule has 0 radical (unpaired) electrons. The van der Waals surface area contributed by atoms with Crippen molar-refractivity contribution in [2.24, 2.45) is 5.92 Å². The van der Waals surface area contributed by atoms with Gasteiger partial charge in [-0.25, -0.2) is 4.79 Å². The minimum Gasteiger partial charge on any atom is -0.341 e. The van der Waals surface area contributed by atoms with Gasteiger partial charge < -0.3 is 10.2 Å². The maximum Gasteiger partial charge on any atom is 0.317 e. The van der Waals surface area contributed by atoms with E-state index < -0.39 is 0 Å². The zero-order valence-electron chi connectivity index (χ0n) is 12.2. The molecule has 0 spiro atoms. The maximum absolute atomic E-state index is 11.4. The van der Waals surface area contributed by atoms with Crippen LogP contribution in [0.15, 0.2) is 24.4 Å². The number of piperidine rings is 1. The van der Waals surface area contributed by atoms with Crippen molar-refractivity contribution in [3.8, 4) is 0 Å². The van der Waals surface area contributed by atoms with Crippen molar-refractivity contribution in [3.05, 3.63) is 30.1 Å². The summed E-state index contributed by atoms with van der Waals surface area (Å²) >= 11 is 0. The van der Waals surface area contributed by atoms with Gasteiger partial charge in [-0.05, 0) is 37.3 Å². The minimum absolute atomic E-state index is 0.0429. The molecule has 0 unspecified atom stereocenters. The maximum atomic E-state index is 11.4. The van der Waals surface area contributed by atoms with Gasteiger partial charge in [0.2, 0.25) is 0 Å². The summed E-state index contributed by atoms with van der Waals surface area (Å²) in [6.45, 7) is 5.72. The Kier molecular flexibility index (Phi) is 6.93. The van der Waals surface area contributed by atoms with Gasteiger partial charge in [-0.3, -0.25) is 4.98 Å². The van der Waals surface area contributed by atoms with E-state index >= 15 is 0 Å². The highest BCUT2D eigenvalue weighted by atomic mass is 16.2. The number of likely N-dealkylation sites (tertiary alicyclic amines) is 1. The number of urea groups is 1. The monoisotopic (exact) mass is 263 g/mol. The first-order valence-corrected chi connectivity index (χ1v) is 7.16. The summed E-state index contributed by atoms with van der Waals surface area (Å²) in [5.41, 5.74) is 1.16. The molecule has 1 N–H and O–H groups in total. The van der Waals surface area contributed by atoms with Crippen molar-refractivity contribution in [1.29, 1.82) is 0 Å². The SMILES string of the molecule is CC.CNC(=O)N1CCC(Cc2ccccn2)CC1. The van der Waals surface area contributed by atoms with Crippen LogP contribution >= 0.6 is 0 Å². The summed E-state index contributed by atoms with van der Waals surface area (Å²) in [4.78, 5) is 17.7. The molecule has 0 aromatic carbocycles. The molecule has 1 aliphatic heterocycles. The zero-order valence-corrected chi connectivity index (χ0v) is 12.2. The Balaban J connectivity index is 0.000000861. The van der Waals surface area contributed by atoms with E-state index in [1.165, 1.54) is 0 Å². The average molecular weight is 263 g/mol. The summed E-state index contributed by atoms with van der Waals surface area (Å²) in [5, 5.41) is 2.67. The van der Waals surface area contributed by atoms with Crippen LogP contribution in [0.2, 0.25) is 0 Å². The second-order valence-corrected chi connectivity index (χ2v) is 4.51. The number of aromatic nitrogens is 1. The normalized spacial score (nSPS) is 15.4. The molecule has 0 atom stereocenters. The van der Waals surface area contributed by atoms with Gasteiger partial charge in [0.1, 0.15) is 0 Å². The average Bonchev–Trinajstić information content (AvgIpc) is 2.50. The fourth-order valence-corrected chi connectivity index (χ4v) is 2.31. The number of rotatable bonds is 2. The van der Waals surface area contributed by atoms with E-state index in [0.29, 0.717) is 5.92 Å². The molecule has 1 aliphatic rings. The van der Waals surface area contributed by atoms with Crippen molar-refractivity contribution in [2.75, 3.05) is 20.1 Å². The fourth-order valence-electron chi connectivity index (χ4n) is 2.31. The van der Waals surface area contributed by atoms with Crippen LogP contribution in [0, 0.1) is 5.92 Å². The molecule has 1 aromatic rings. The summed E-state index contributed by atoms with van der Waals surface area (Å²) < 4.78 is 0. The number of amides is 2. The quantitative estimate of drug-likeness (QED) is 0.891. The summed E-state index contributed by atoms with van der Waals surface area (Å²) in [6, 6.07) is 6.09. The Labute approximate surface area is 116 Å². The Morgan fingerprint density at radius 3 is 2.58 bits per heavy atom. The van der Waals surface area contributed by atoms with Gasteiger partial charge in [-0.15, -0.1) is 0 Å². The molecule has 106 valence electrons. The second kappa shape index (κ2) is 8.51. The molecular formula is C15H25N3O. The van der Waals surface area contributed by atoms with Crippen LogP contribution < -0.4 is 5.32 Å². The Morgan fingerprint density at radius 1 is 1.37 bits per heavy atom. The van der Waals surface area contributed by atoms with Gasteiger partial charge in [-0.2, -0.15) is 0 Å². The molecule has 2 heterocycles. The van der Waals surface area contributed by atoms with Crippen LogP contribution in [-0.4, -0.2) is 36.1 Å². The highest BCUT2D eigenvalue weighted by Gasteiger charge is 2.22. The van der Waals surface area contributed by atoms with Crippen molar-refractivity contribution < 1.29 is 4.79 Å². The highest BCUT2D eigenvalue weighted by molar-refractivity contribution is 5.73. The minimum atomic E-state index is 0.0429. The molecule has 0 aliphatic carbocycles. The summed E-state index contributed by atoms with van der Waals surface area (Å²) in [7, 11) is 1.68. The Hall–Kier alpha value is -1.58. The van der Waals surface area contributed by atoms with Crippen molar-refractivity contribution in [2.45, 2.75) is 33.1 Å². The first kappa shape index (κ1) is 15.5. The molecule has 2 amide bonds. The largest absolute Gasteiger partial charge is 0.341 e. The van der Waals surface area contributed by atoms with Crippen LogP contribution in [0.4, 0.5) is 4.79 Å². The van der Waals surface area contributed by atoms with Crippen LogP contribution in [-0.2, 0) is 6.42 Å². The lowest BCUT2D eigenvalue weighted by Crippen LogP contribution is -2.43. The standard InChI is InChI=1S/C13H19N3O.C2H6/c1-14-13(17)16-8-5-11(6-9-16)10-12-4-2-3-7-15-12;1-2/h2-4,7,11H,5-6,8-10H2,1H3,(H,14,17);1-2H3. The fraction of sp³-hybridized carbons (Fsp3) is 0.600. The molecule has 1 fully saturated rings. The van der Waals surface area contributed by atoms with Crippen LogP contribution in [0.25, 0.3) is 0 Å². The highest BCUT2D eigenvalue weighted by Crippen LogP contribution is 2.20. The first-order chi connectivity index (χ1) is 9.29. The van der Waals surface area contributed by atoms with Crippen LogP contribution in [0.3, 0.4) is 0 Å². The van der Waals surface area contributed by atoms with Gasteiger partial charge in [0, 0.05) is 32.0 Å². The molecule has 4 heteroatoms. The molecule has 0 bridgehead atoms. The first-order valence-electron chi connectivity index (χ1n) is 7.16. The Bertz CT molecular complexity index is 359. The number of hydrogen-bond acceptors (Lipinski definition) is 2. The van der Waals surface area contributed by atoms with Gasteiger partial charge in [0.15, 0.2) is 0 Å². The molecule has 0 saturated carbocycles. The summed E-state index contributed by atoms with van der Waals surface area (Å²) in [6.07, 6.45) is 5.02. The van der Waals surface area contributed by atoms with E-state index in [1.807, 2.05) is 37.1 Å². The lowest BCUT2D eigenvalue weighted by Gasteiger charge is -2.31. The van der Waals surface area contributed by atoms with Crippen LogP contribution in [0.1, 0.15) is 32.4 Å². The lowest BCUT2D eigenvalue weighted by atomic mass is 9.92. The van der Waals surface area contributed by atoms with Crippen molar-refractivity contribution in [3.63, 3.8) is 0 Å². The topological polar surface area (TPSA) is 45.2 Å². The number of hydrogen-bond donors (Lipinski definition) is 1. The smallest absolute Gasteiger partial charge is 0.317 e. The third kappa shape index (κ3) is 4.89. The number of carbonyl (C=O) groups is 1. The van der Waals surface area contributed by atoms with E-state index in [-0.39, 0.29) is 6.03 Å². The molecule has 19 heavy (non-hydrogen) atoms. The van der Waals surface area contributed by atoms with Gasteiger partial charge in [0.25, 0.3) is 0 Å². The number of carbonyl (C=O) groups excluding carboxylic acids is 1. The summed E-state index contributed by atoms with van der Waals surface area (Å²) in [5.74, 6) is 0.658. The van der Waals surface area contributed by atoms with Gasteiger partial charge >= 0.3 is 6.03 Å². The third-order valence-corrected chi connectivity index (χ3v) is 3.34. The van der Waals surface area contributed by atoms with Crippen molar-refractivity contribution >= 4 is 6.03 Å². The van der Waals surface area contributed by atoms with E-state index in [1.54, 1.807) is 7.05 Å². The predicted molar refractivity (Wildman–Crippen MR) is 78.0 cm³/mol. The van der Waals surface area contributed by atoms with E-state index in [9.17, 15) is 4.79 Å². The van der Waals surface area contributed by atoms with Crippen LogP contribution in [0.5, 0.6) is 0 Å².